The first kappa shape index (κ1) is 18.2. The summed E-state index contributed by atoms with van der Waals surface area (Å²) in [6.07, 6.45) is 2.43. The number of ether oxygens (including phenoxy) is 2. The number of methoxy groups -OCH3 is 2. The third-order valence-electron chi connectivity index (χ3n) is 3.64. The quantitative estimate of drug-likeness (QED) is 0.773. The average molecular weight is 351 g/mol. The van der Waals surface area contributed by atoms with Crippen molar-refractivity contribution in [2.24, 2.45) is 0 Å². The molecule has 1 N–H and O–H groups in total. The summed E-state index contributed by atoms with van der Waals surface area (Å²) in [6, 6.07) is 4.58. The number of hydrogen-bond donors (Lipinski definition) is 1. The monoisotopic (exact) mass is 351 g/mol. The molecule has 0 spiro atoms. The molecule has 1 aromatic heterocycles. The van der Waals surface area contributed by atoms with Crippen molar-refractivity contribution in [3.63, 3.8) is 0 Å². The lowest BCUT2D eigenvalue weighted by atomic mass is 10.1. The maximum Gasteiger partial charge on any atom is 0.328 e. The van der Waals surface area contributed by atoms with Crippen LogP contribution in [0.1, 0.15) is 22.5 Å². The van der Waals surface area contributed by atoms with Gasteiger partial charge in [0.1, 0.15) is 17.4 Å². The number of amides is 1. The molecule has 1 heterocycles. The Morgan fingerprint density at radius 3 is 2.67 bits per heavy atom. The molecular weight excluding hydrogens is 330 g/mol. The number of thioether (sulfide) groups is 1. The Morgan fingerprint density at radius 2 is 2.04 bits per heavy atom. The van der Waals surface area contributed by atoms with Crippen molar-refractivity contribution in [3.05, 3.63) is 29.5 Å². The van der Waals surface area contributed by atoms with Crippen LogP contribution in [0.25, 0.3) is 11.0 Å². The lowest BCUT2D eigenvalue weighted by Gasteiger charge is -2.14. The van der Waals surface area contributed by atoms with E-state index in [0.29, 0.717) is 17.8 Å². The van der Waals surface area contributed by atoms with Gasteiger partial charge in [-0.15, -0.1) is 0 Å². The fourth-order valence-electron chi connectivity index (χ4n) is 2.38. The third-order valence-corrected chi connectivity index (χ3v) is 4.28. The van der Waals surface area contributed by atoms with Gasteiger partial charge in [0.05, 0.1) is 14.2 Å². The third kappa shape index (κ3) is 4.03. The Hall–Kier alpha value is -2.15. The summed E-state index contributed by atoms with van der Waals surface area (Å²) in [4.78, 5) is 24.2. The Morgan fingerprint density at radius 1 is 1.29 bits per heavy atom. The second kappa shape index (κ2) is 8.10. The number of nitrogens with one attached hydrogen (secondary N) is 1. The normalized spacial score (nSPS) is 12.0. The van der Waals surface area contributed by atoms with E-state index in [0.717, 1.165) is 16.7 Å². The van der Waals surface area contributed by atoms with Crippen LogP contribution in [-0.4, -0.2) is 44.1 Å². The Balaban J connectivity index is 2.23. The van der Waals surface area contributed by atoms with Gasteiger partial charge < -0.3 is 19.2 Å². The highest BCUT2D eigenvalue weighted by Gasteiger charge is 2.23. The fraction of sp³-hybridized carbons (Fsp3) is 0.412. The van der Waals surface area contributed by atoms with E-state index in [9.17, 15) is 9.59 Å². The van der Waals surface area contributed by atoms with Crippen molar-refractivity contribution in [2.45, 2.75) is 19.4 Å². The van der Waals surface area contributed by atoms with Gasteiger partial charge in [0.25, 0.3) is 5.91 Å². The number of carbonyl (C=O) groups excluding carboxylic acids is 2. The molecular formula is C17H21NO5S. The zero-order valence-corrected chi connectivity index (χ0v) is 15.0. The molecule has 0 aliphatic carbocycles. The van der Waals surface area contributed by atoms with E-state index < -0.39 is 17.9 Å². The Kier molecular flexibility index (Phi) is 6.14. The van der Waals surface area contributed by atoms with Gasteiger partial charge in [-0.05, 0) is 49.1 Å². The van der Waals surface area contributed by atoms with E-state index in [2.05, 4.69) is 5.32 Å². The van der Waals surface area contributed by atoms with E-state index in [-0.39, 0.29) is 5.76 Å². The lowest BCUT2D eigenvalue weighted by Crippen LogP contribution is -2.41. The molecule has 6 nitrogen and oxygen atoms in total. The molecule has 0 bridgehead atoms. The minimum atomic E-state index is -0.696. The first-order valence-corrected chi connectivity index (χ1v) is 8.85. The first-order chi connectivity index (χ1) is 11.5. The van der Waals surface area contributed by atoms with Crippen LogP contribution in [0, 0.1) is 6.92 Å². The molecule has 1 unspecified atom stereocenters. The lowest BCUT2D eigenvalue weighted by molar-refractivity contribution is -0.142. The van der Waals surface area contributed by atoms with Crippen molar-refractivity contribution >= 4 is 34.6 Å². The molecule has 0 saturated carbocycles. The van der Waals surface area contributed by atoms with Crippen molar-refractivity contribution < 1.29 is 23.5 Å². The van der Waals surface area contributed by atoms with E-state index in [1.165, 1.54) is 7.11 Å². The summed E-state index contributed by atoms with van der Waals surface area (Å²) in [5.74, 6) is 0.670. The molecule has 0 fully saturated rings. The van der Waals surface area contributed by atoms with Gasteiger partial charge in [0.2, 0.25) is 0 Å². The fourth-order valence-corrected chi connectivity index (χ4v) is 2.85. The summed E-state index contributed by atoms with van der Waals surface area (Å²) in [7, 11) is 2.89. The largest absolute Gasteiger partial charge is 0.497 e. The molecule has 0 radical (unpaired) electrons. The summed E-state index contributed by atoms with van der Waals surface area (Å²) in [5.41, 5.74) is 1.50. The molecule has 1 aromatic carbocycles. The average Bonchev–Trinajstić information content (AvgIpc) is 3.02. The number of hydrogen-bond acceptors (Lipinski definition) is 6. The van der Waals surface area contributed by atoms with Crippen molar-refractivity contribution in [3.8, 4) is 5.75 Å². The molecule has 2 aromatic rings. The molecule has 7 heteroatoms. The van der Waals surface area contributed by atoms with Crippen LogP contribution in [-0.2, 0) is 9.53 Å². The summed E-state index contributed by atoms with van der Waals surface area (Å²) >= 11 is 1.59. The second-order valence-electron chi connectivity index (χ2n) is 5.30. The summed E-state index contributed by atoms with van der Waals surface area (Å²) in [5, 5.41) is 3.45. The number of furan rings is 1. The molecule has 0 saturated heterocycles. The van der Waals surface area contributed by atoms with Crippen LogP contribution in [0.2, 0.25) is 0 Å². The van der Waals surface area contributed by atoms with Gasteiger partial charge in [-0.1, -0.05) is 0 Å². The van der Waals surface area contributed by atoms with Crippen LogP contribution in [0.3, 0.4) is 0 Å². The Labute approximate surface area is 144 Å². The molecule has 130 valence electrons. The summed E-state index contributed by atoms with van der Waals surface area (Å²) in [6.45, 7) is 1.88. The minimum absolute atomic E-state index is 0.152. The van der Waals surface area contributed by atoms with Crippen molar-refractivity contribution in [1.29, 1.82) is 0 Å². The maximum absolute atomic E-state index is 12.4. The highest BCUT2D eigenvalue weighted by atomic mass is 32.2. The molecule has 1 atom stereocenters. The number of carbonyl (C=O) groups is 2. The minimum Gasteiger partial charge on any atom is -0.497 e. The molecule has 1 amide bonds. The number of rotatable bonds is 7. The van der Waals surface area contributed by atoms with Crippen LogP contribution >= 0.6 is 11.8 Å². The van der Waals surface area contributed by atoms with Crippen LogP contribution < -0.4 is 10.1 Å². The maximum atomic E-state index is 12.4. The Bertz CT molecular complexity index is 740. The van der Waals surface area contributed by atoms with Gasteiger partial charge in [-0.3, -0.25) is 4.79 Å². The van der Waals surface area contributed by atoms with Crippen LogP contribution in [0.15, 0.2) is 22.6 Å². The molecule has 0 aliphatic rings. The van der Waals surface area contributed by atoms with Crippen LogP contribution in [0.4, 0.5) is 0 Å². The van der Waals surface area contributed by atoms with Crippen molar-refractivity contribution in [1.82, 2.24) is 5.32 Å². The second-order valence-corrected chi connectivity index (χ2v) is 6.29. The number of benzene rings is 1. The topological polar surface area (TPSA) is 77.8 Å². The van der Waals surface area contributed by atoms with Crippen molar-refractivity contribution in [2.75, 3.05) is 26.2 Å². The smallest absolute Gasteiger partial charge is 0.328 e. The van der Waals surface area contributed by atoms with E-state index in [1.807, 2.05) is 19.2 Å². The van der Waals surface area contributed by atoms with E-state index >= 15 is 0 Å². The first-order valence-electron chi connectivity index (χ1n) is 7.46. The van der Waals surface area contributed by atoms with Gasteiger partial charge in [-0.25, -0.2) is 4.79 Å². The van der Waals surface area contributed by atoms with Gasteiger partial charge >= 0.3 is 5.97 Å². The molecule has 24 heavy (non-hydrogen) atoms. The highest BCUT2D eigenvalue weighted by Crippen LogP contribution is 2.28. The standard InChI is InChI=1S/C17H21NO5S/c1-10-7-12(21-2)8-11-9-14(23-15(10)11)16(19)18-13(5-6-24-4)17(20)22-3/h7-9,13H,5-6H2,1-4H3,(H,18,19). The molecule has 0 aliphatic heterocycles. The van der Waals surface area contributed by atoms with Gasteiger partial charge in [0.15, 0.2) is 5.76 Å². The van der Waals surface area contributed by atoms with E-state index in [4.69, 9.17) is 13.9 Å². The van der Waals surface area contributed by atoms with E-state index in [1.54, 1.807) is 31.0 Å². The summed E-state index contributed by atoms with van der Waals surface area (Å²) < 4.78 is 15.6. The molecule has 2 rings (SSSR count). The number of aryl methyl sites for hydroxylation is 1. The number of fused-ring (bicyclic) bond motifs is 1. The zero-order chi connectivity index (χ0) is 17.7. The van der Waals surface area contributed by atoms with Crippen LogP contribution in [0.5, 0.6) is 5.75 Å². The number of esters is 1. The predicted octanol–water partition coefficient (Wildman–Crippen LogP) is 2.77. The van der Waals surface area contributed by atoms with Gasteiger partial charge in [0, 0.05) is 5.39 Å². The highest BCUT2D eigenvalue weighted by molar-refractivity contribution is 7.98. The SMILES string of the molecule is COC(=O)C(CCSC)NC(=O)c1cc2cc(OC)cc(C)c2o1. The van der Waals surface area contributed by atoms with Gasteiger partial charge in [-0.2, -0.15) is 11.8 Å². The predicted molar refractivity (Wildman–Crippen MR) is 93.8 cm³/mol. The zero-order valence-electron chi connectivity index (χ0n) is 14.2.